The summed E-state index contributed by atoms with van der Waals surface area (Å²) in [6.07, 6.45) is 0. The molecule has 0 aromatic heterocycles. The largest absolute Gasteiger partial charge is 0.332 e. The second-order valence-electron chi connectivity index (χ2n) is 0.880. The Bertz CT molecular complexity index is 55.7. The lowest BCUT2D eigenvalue weighted by Gasteiger charge is -1.83. The molecule has 7 heavy (non-hydrogen) atoms. The summed E-state index contributed by atoms with van der Waals surface area (Å²) in [5.41, 5.74) is 1.70. The lowest BCUT2D eigenvalue weighted by molar-refractivity contribution is 0.403. The smallest absolute Gasteiger partial charge is 0.127 e. The second-order valence-corrected chi connectivity index (χ2v) is 2.31. The summed E-state index contributed by atoms with van der Waals surface area (Å²) < 4.78 is 4.70. The van der Waals surface area contributed by atoms with E-state index in [1.54, 1.807) is 5.55 Å². The molecule has 0 rings (SSSR count). The van der Waals surface area contributed by atoms with E-state index in [0.29, 0.717) is 0 Å². The van der Waals surface area contributed by atoms with Gasteiger partial charge in [-0.15, -0.1) is 0 Å². The molecular formula is C4H9ClOS. The Morgan fingerprint density at radius 2 is 2.57 bits per heavy atom. The average molecular weight is 141 g/mol. The maximum atomic E-state index is 5.18. The molecule has 0 aliphatic carbocycles. The molecule has 0 aliphatic heterocycles. The van der Waals surface area contributed by atoms with Crippen molar-refractivity contribution in [2.24, 2.45) is 0 Å². The Hall–Kier alpha value is 0.470. The second kappa shape index (κ2) is 6.47. The Labute approximate surface area is 52.6 Å². The van der Waals surface area contributed by atoms with Crippen LogP contribution in [0, 0.1) is 0 Å². The van der Waals surface area contributed by atoms with Crippen LogP contribution < -0.4 is 0 Å². The van der Waals surface area contributed by atoms with Gasteiger partial charge in [-0.3, -0.25) is 0 Å². The lowest BCUT2D eigenvalue weighted by atomic mass is 11.0. The van der Waals surface area contributed by atoms with Crippen molar-refractivity contribution >= 4 is 28.5 Å². The molecule has 0 aromatic rings. The van der Waals surface area contributed by atoms with Crippen LogP contribution in [0.5, 0.6) is 0 Å². The number of hydrogen-bond donors (Lipinski definition) is 1. The molecule has 1 nitrogen and oxygen atoms in total. The SMILES string of the molecule is CC[SH]=COCCl. The van der Waals surface area contributed by atoms with Crippen molar-refractivity contribution in [2.75, 3.05) is 11.8 Å². The molecule has 3 heteroatoms. The van der Waals surface area contributed by atoms with Crippen LogP contribution in [0.25, 0.3) is 0 Å². The van der Waals surface area contributed by atoms with E-state index < -0.39 is 0 Å². The zero-order valence-corrected chi connectivity index (χ0v) is 5.88. The molecule has 0 atom stereocenters. The summed E-state index contributed by atoms with van der Waals surface area (Å²) in [6.45, 7) is 2.08. The van der Waals surface area contributed by atoms with E-state index in [4.69, 9.17) is 16.3 Å². The van der Waals surface area contributed by atoms with Gasteiger partial charge in [0.1, 0.15) is 6.07 Å². The van der Waals surface area contributed by atoms with Gasteiger partial charge in [-0.05, 0) is 5.75 Å². The quantitative estimate of drug-likeness (QED) is 0.355. The van der Waals surface area contributed by atoms with Crippen molar-refractivity contribution in [3.63, 3.8) is 0 Å². The summed E-state index contributed by atoms with van der Waals surface area (Å²) >= 11 is 6.37. The summed E-state index contributed by atoms with van der Waals surface area (Å²) in [6, 6.07) is 0.271. The fraction of sp³-hybridized carbons (Fsp3) is 0.750. The van der Waals surface area contributed by atoms with Crippen molar-refractivity contribution in [2.45, 2.75) is 6.92 Å². The highest BCUT2D eigenvalue weighted by Gasteiger charge is 1.66. The average Bonchev–Trinajstić information content (AvgIpc) is 1.69. The Morgan fingerprint density at radius 3 is 3.00 bits per heavy atom. The molecule has 0 unspecified atom stereocenters. The van der Waals surface area contributed by atoms with Gasteiger partial charge < -0.3 is 4.74 Å². The first kappa shape index (κ1) is 7.47. The standard InChI is InChI=1S/C4H9ClOS/c1-2-7-4-6-3-5/h4,7H,2-3H2,1H3. The van der Waals surface area contributed by atoms with E-state index >= 15 is 0 Å². The zero-order chi connectivity index (χ0) is 5.54. The molecule has 0 heterocycles. The number of ether oxygens (including phenoxy) is 1. The van der Waals surface area contributed by atoms with Gasteiger partial charge in [0.25, 0.3) is 0 Å². The van der Waals surface area contributed by atoms with E-state index in [9.17, 15) is 0 Å². The van der Waals surface area contributed by atoms with E-state index in [1.807, 2.05) is 0 Å². The Morgan fingerprint density at radius 1 is 1.86 bits per heavy atom. The van der Waals surface area contributed by atoms with Crippen molar-refractivity contribution in [1.29, 1.82) is 0 Å². The predicted octanol–water partition coefficient (Wildman–Crippen LogP) is 1.44. The van der Waals surface area contributed by atoms with Crippen molar-refractivity contribution in [3.8, 4) is 0 Å². The van der Waals surface area contributed by atoms with Crippen LogP contribution in [-0.2, 0) is 4.74 Å². The third kappa shape index (κ3) is 6.47. The highest BCUT2D eigenvalue weighted by molar-refractivity contribution is 7.97. The Kier molecular flexibility index (Phi) is 6.90. The number of hydrogen-bond acceptors (Lipinski definition) is 1. The van der Waals surface area contributed by atoms with E-state index in [0.717, 1.165) is 5.75 Å². The number of rotatable bonds is 3. The van der Waals surface area contributed by atoms with Crippen molar-refractivity contribution in [3.05, 3.63) is 0 Å². The summed E-state index contributed by atoms with van der Waals surface area (Å²) in [5, 5.41) is 0. The maximum Gasteiger partial charge on any atom is 0.127 e. The topological polar surface area (TPSA) is 9.23 Å². The molecule has 0 saturated carbocycles. The summed E-state index contributed by atoms with van der Waals surface area (Å²) in [5.74, 6) is 1.09. The molecule has 0 aliphatic rings. The number of alkyl halides is 1. The summed E-state index contributed by atoms with van der Waals surface area (Å²) in [4.78, 5) is 0. The fourth-order valence-electron chi connectivity index (χ4n) is 0.155. The van der Waals surface area contributed by atoms with Gasteiger partial charge in [0.2, 0.25) is 0 Å². The minimum atomic E-state index is 0.271. The van der Waals surface area contributed by atoms with E-state index in [1.165, 1.54) is 11.4 Å². The van der Waals surface area contributed by atoms with Crippen molar-refractivity contribution in [1.82, 2.24) is 0 Å². The van der Waals surface area contributed by atoms with Crippen LogP contribution in [0.4, 0.5) is 0 Å². The molecular weight excluding hydrogens is 132 g/mol. The van der Waals surface area contributed by atoms with Crippen LogP contribution in [0.2, 0.25) is 0 Å². The van der Waals surface area contributed by atoms with Crippen LogP contribution in [0.3, 0.4) is 0 Å². The molecule has 44 valence electrons. The van der Waals surface area contributed by atoms with Crippen LogP contribution in [0.1, 0.15) is 6.92 Å². The molecule has 0 N–H and O–H groups in total. The first-order valence-corrected chi connectivity index (χ1v) is 3.76. The highest BCUT2D eigenvalue weighted by Crippen LogP contribution is 1.82. The molecule has 0 aromatic carbocycles. The van der Waals surface area contributed by atoms with Gasteiger partial charge in [0, 0.05) is 0 Å². The number of halogens is 1. The van der Waals surface area contributed by atoms with Crippen LogP contribution >= 0.6 is 23.0 Å². The van der Waals surface area contributed by atoms with Gasteiger partial charge >= 0.3 is 0 Å². The van der Waals surface area contributed by atoms with Gasteiger partial charge in [0.05, 0.1) is 5.55 Å². The van der Waals surface area contributed by atoms with Crippen LogP contribution in [0.15, 0.2) is 0 Å². The normalized spacial score (nSPS) is 11.7. The third-order valence-corrected chi connectivity index (χ3v) is 1.18. The van der Waals surface area contributed by atoms with Gasteiger partial charge in [-0.2, -0.15) is 11.4 Å². The molecule has 0 fully saturated rings. The first-order chi connectivity index (χ1) is 3.41. The van der Waals surface area contributed by atoms with Gasteiger partial charge in [0.15, 0.2) is 0 Å². The maximum absolute atomic E-state index is 5.18. The van der Waals surface area contributed by atoms with Crippen molar-refractivity contribution < 1.29 is 4.74 Å². The summed E-state index contributed by atoms with van der Waals surface area (Å²) in [7, 11) is 0. The predicted molar refractivity (Wildman–Crippen MR) is 37.4 cm³/mol. The molecule has 0 saturated heterocycles. The van der Waals surface area contributed by atoms with Gasteiger partial charge in [-0.25, -0.2) is 0 Å². The molecule has 0 bridgehead atoms. The zero-order valence-electron chi connectivity index (χ0n) is 4.22. The van der Waals surface area contributed by atoms with Gasteiger partial charge in [-0.1, -0.05) is 18.5 Å². The monoisotopic (exact) mass is 140 g/mol. The Balaban J connectivity index is 2.78. The molecule has 0 radical (unpaired) electrons. The minimum Gasteiger partial charge on any atom is -0.332 e. The third-order valence-electron chi connectivity index (χ3n) is 0.395. The van der Waals surface area contributed by atoms with Crippen LogP contribution in [-0.4, -0.2) is 17.4 Å². The van der Waals surface area contributed by atoms with E-state index in [-0.39, 0.29) is 6.07 Å². The first-order valence-electron chi connectivity index (χ1n) is 2.07. The number of thiol groups is 1. The lowest BCUT2D eigenvalue weighted by Crippen LogP contribution is -1.78. The highest BCUT2D eigenvalue weighted by atomic mass is 35.5. The minimum absolute atomic E-state index is 0.271. The fourth-order valence-corrected chi connectivity index (χ4v) is 0.635. The van der Waals surface area contributed by atoms with E-state index in [2.05, 4.69) is 6.92 Å². The molecule has 0 spiro atoms. The molecule has 0 amide bonds.